The molecular formula is C23H22FN3O2. The number of rotatable bonds is 5. The second-order valence-corrected chi connectivity index (χ2v) is 7.21. The molecule has 4 rings (SSSR count). The smallest absolute Gasteiger partial charge is 0.283 e. The fourth-order valence-corrected chi connectivity index (χ4v) is 3.52. The fourth-order valence-electron chi connectivity index (χ4n) is 3.52. The second kappa shape index (κ2) is 7.54. The molecule has 2 heterocycles. The summed E-state index contributed by atoms with van der Waals surface area (Å²) in [7, 11) is 0. The molecule has 6 heteroatoms. The van der Waals surface area contributed by atoms with Gasteiger partial charge in [-0.3, -0.25) is 0 Å². The molecule has 2 N–H and O–H groups in total. The van der Waals surface area contributed by atoms with Gasteiger partial charge in [-0.05, 0) is 60.9 Å². The van der Waals surface area contributed by atoms with Crippen LogP contribution in [0.5, 0.6) is 5.75 Å². The van der Waals surface area contributed by atoms with Crippen molar-refractivity contribution in [3.8, 4) is 16.9 Å². The Labute approximate surface area is 169 Å². The van der Waals surface area contributed by atoms with E-state index in [-0.39, 0.29) is 18.7 Å². The van der Waals surface area contributed by atoms with Gasteiger partial charge < -0.3 is 15.2 Å². The van der Waals surface area contributed by atoms with Crippen LogP contribution in [0.1, 0.15) is 25.0 Å². The van der Waals surface area contributed by atoms with E-state index in [0.717, 1.165) is 16.9 Å². The highest BCUT2D eigenvalue weighted by molar-refractivity contribution is 5.75. The Morgan fingerprint density at radius 3 is 2.52 bits per heavy atom. The molecule has 0 bridgehead atoms. The van der Waals surface area contributed by atoms with Gasteiger partial charge in [-0.2, -0.15) is 4.39 Å². The van der Waals surface area contributed by atoms with Crippen molar-refractivity contribution in [1.29, 1.82) is 0 Å². The molecule has 29 heavy (non-hydrogen) atoms. The Kier molecular flexibility index (Phi) is 4.92. The standard InChI is InChI=1S/C23H22FN3O2/c1-15(2)29-19-10-8-17(9-11-19)23(14-28-22(25)27-23)18-6-3-5-16(13-18)20-7-4-12-26-21(20)24/h3-13,15H,14H2,1-2H3,(H2,25,27)/t23-/m0/s1. The van der Waals surface area contributed by atoms with Gasteiger partial charge in [0.25, 0.3) is 6.02 Å². The highest BCUT2D eigenvalue weighted by atomic mass is 19.1. The summed E-state index contributed by atoms with van der Waals surface area (Å²) in [6.07, 6.45) is 1.52. The molecule has 1 aliphatic rings. The molecule has 5 nitrogen and oxygen atoms in total. The summed E-state index contributed by atoms with van der Waals surface area (Å²) in [6.45, 7) is 4.23. The summed E-state index contributed by atoms with van der Waals surface area (Å²) in [5, 5.41) is 0. The van der Waals surface area contributed by atoms with Gasteiger partial charge in [-0.15, -0.1) is 0 Å². The first-order chi connectivity index (χ1) is 14.0. The number of nitrogens with two attached hydrogens (primary N) is 1. The van der Waals surface area contributed by atoms with E-state index >= 15 is 0 Å². The fraction of sp³-hybridized carbons (Fsp3) is 0.217. The van der Waals surface area contributed by atoms with E-state index in [2.05, 4.69) is 9.98 Å². The third-order valence-corrected chi connectivity index (χ3v) is 4.84. The normalized spacial score (nSPS) is 18.4. The van der Waals surface area contributed by atoms with Crippen molar-refractivity contribution in [3.63, 3.8) is 0 Å². The minimum absolute atomic E-state index is 0.0874. The number of ether oxygens (including phenoxy) is 2. The number of hydrogen-bond acceptors (Lipinski definition) is 5. The molecule has 3 aromatic rings. The number of amidine groups is 1. The van der Waals surface area contributed by atoms with Crippen molar-refractivity contribution in [2.24, 2.45) is 10.7 Å². The molecule has 0 amide bonds. The zero-order chi connectivity index (χ0) is 20.4. The SMILES string of the molecule is CC(C)Oc1ccc([C@]2(c3cccc(-c4cccnc4F)c3)COC(N)=N2)cc1. The van der Waals surface area contributed by atoms with Gasteiger partial charge in [0.1, 0.15) is 12.4 Å². The van der Waals surface area contributed by atoms with Crippen molar-refractivity contribution >= 4 is 6.02 Å². The van der Waals surface area contributed by atoms with Crippen molar-refractivity contribution in [1.82, 2.24) is 4.98 Å². The van der Waals surface area contributed by atoms with Crippen LogP contribution in [0.3, 0.4) is 0 Å². The molecular weight excluding hydrogens is 369 g/mol. The minimum Gasteiger partial charge on any atom is -0.491 e. The van der Waals surface area contributed by atoms with Crippen LogP contribution in [0, 0.1) is 5.95 Å². The molecule has 1 aliphatic heterocycles. The van der Waals surface area contributed by atoms with Gasteiger partial charge in [0.05, 0.1) is 6.10 Å². The number of aromatic nitrogens is 1. The van der Waals surface area contributed by atoms with Gasteiger partial charge in [0.2, 0.25) is 5.95 Å². The maximum absolute atomic E-state index is 14.2. The van der Waals surface area contributed by atoms with Crippen molar-refractivity contribution in [2.75, 3.05) is 6.61 Å². The lowest BCUT2D eigenvalue weighted by Crippen LogP contribution is -2.27. The average molecular weight is 391 g/mol. The molecule has 0 aliphatic carbocycles. The molecule has 0 fully saturated rings. The van der Waals surface area contributed by atoms with E-state index < -0.39 is 11.5 Å². The summed E-state index contributed by atoms with van der Waals surface area (Å²) < 4.78 is 25.5. The van der Waals surface area contributed by atoms with E-state index in [9.17, 15) is 4.39 Å². The van der Waals surface area contributed by atoms with Gasteiger partial charge in [0, 0.05) is 11.8 Å². The first kappa shape index (κ1) is 18.9. The number of nitrogens with zero attached hydrogens (tertiary/aromatic N) is 2. The summed E-state index contributed by atoms with van der Waals surface area (Å²) in [5.41, 5.74) is 8.00. The summed E-state index contributed by atoms with van der Waals surface area (Å²) in [5.74, 6) is 0.264. The number of halogens is 1. The lowest BCUT2D eigenvalue weighted by molar-refractivity contribution is 0.242. The van der Waals surface area contributed by atoms with E-state index in [0.29, 0.717) is 11.1 Å². The van der Waals surface area contributed by atoms with Crippen LogP contribution in [0.15, 0.2) is 71.9 Å². The van der Waals surface area contributed by atoms with Crippen LogP contribution < -0.4 is 10.5 Å². The van der Waals surface area contributed by atoms with Crippen LogP contribution in [-0.2, 0) is 10.3 Å². The van der Waals surface area contributed by atoms with Gasteiger partial charge >= 0.3 is 0 Å². The number of pyridine rings is 1. The van der Waals surface area contributed by atoms with E-state index in [1.165, 1.54) is 6.20 Å². The summed E-state index contributed by atoms with van der Waals surface area (Å²) in [6, 6.07) is 18.9. The molecule has 0 radical (unpaired) electrons. The molecule has 1 atom stereocenters. The Hall–Kier alpha value is -3.41. The Bertz CT molecular complexity index is 1050. The van der Waals surface area contributed by atoms with Gasteiger partial charge in [-0.1, -0.05) is 30.3 Å². The van der Waals surface area contributed by atoms with Crippen LogP contribution in [-0.4, -0.2) is 23.7 Å². The van der Waals surface area contributed by atoms with Crippen LogP contribution in [0.2, 0.25) is 0 Å². The largest absolute Gasteiger partial charge is 0.491 e. The number of hydrogen-bond donors (Lipinski definition) is 1. The Morgan fingerprint density at radius 2 is 1.86 bits per heavy atom. The summed E-state index contributed by atoms with van der Waals surface area (Å²) >= 11 is 0. The Balaban J connectivity index is 1.79. The maximum Gasteiger partial charge on any atom is 0.283 e. The lowest BCUT2D eigenvalue weighted by Gasteiger charge is -2.26. The first-order valence-corrected chi connectivity index (χ1v) is 9.45. The van der Waals surface area contributed by atoms with Crippen LogP contribution in [0.25, 0.3) is 11.1 Å². The van der Waals surface area contributed by atoms with E-state index in [1.54, 1.807) is 12.1 Å². The van der Waals surface area contributed by atoms with Crippen molar-refractivity contribution in [3.05, 3.63) is 83.9 Å². The van der Waals surface area contributed by atoms with Crippen molar-refractivity contribution in [2.45, 2.75) is 25.5 Å². The molecule has 1 aromatic heterocycles. The van der Waals surface area contributed by atoms with Crippen molar-refractivity contribution < 1.29 is 13.9 Å². The van der Waals surface area contributed by atoms with Gasteiger partial charge in [0.15, 0.2) is 5.54 Å². The number of benzene rings is 2. The second-order valence-electron chi connectivity index (χ2n) is 7.21. The van der Waals surface area contributed by atoms with Crippen LogP contribution in [0.4, 0.5) is 4.39 Å². The highest BCUT2D eigenvalue weighted by Crippen LogP contribution is 2.39. The van der Waals surface area contributed by atoms with E-state index in [4.69, 9.17) is 15.2 Å². The molecule has 0 saturated heterocycles. The third-order valence-electron chi connectivity index (χ3n) is 4.84. The van der Waals surface area contributed by atoms with Gasteiger partial charge in [-0.25, -0.2) is 9.98 Å². The predicted molar refractivity (Wildman–Crippen MR) is 110 cm³/mol. The maximum atomic E-state index is 14.2. The quantitative estimate of drug-likeness (QED) is 0.660. The zero-order valence-corrected chi connectivity index (χ0v) is 16.3. The first-order valence-electron chi connectivity index (χ1n) is 9.45. The van der Waals surface area contributed by atoms with E-state index in [1.807, 2.05) is 62.4 Å². The zero-order valence-electron chi connectivity index (χ0n) is 16.3. The molecule has 0 saturated carbocycles. The highest BCUT2D eigenvalue weighted by Gasteiger charge is 2.40. The Morgan fingerprint density at radius 1 is 1.07 bits per heavy atom. The van der Waals surface area contributed by atoms with Crippen LogP contribution >= 0.6 is 0 Å². The summed E-state index contributed by atoms with van der Waals surface area (Å²) in [4.78, 5) is 8.38. The third kappa shape index (κ3) is 3.66. The lowest BCUT2D eigenvalue weighted by atomic mass is 9.83. The predicted octanol–water partition coefficient (Wildman–Crippen LogP) is 4.26. The minimum atomic E-state index is -0.810. The molecule has 2 aromatic carbocycles. The number of aliphatic imine (C=N–C) groups is 1. The average Bonchev–Trinajstić information content (AvgIpc) is 3.11. The molecule has 0 spiro atoms. The topological polar surface area (TPSA) is 69.7 Å². The molecule has 148 valence electrons. The molecule has 0 unspecified atom stereocenters. The monoisotopic (exact) mass is 391 g/mol.